The largest absolute Gasteiger partial charge is 0.444 e. The first kappa shape index (κ1) is 18.5. The van der Waals surface area contributed by atoms with Crippen LogP contribution in [0.4, 0.5) is 4.79 Å². The Morgan fingerprint density at radius 2 is 2.00 bits per heavy atom. The second kappa shape index (κ2) is 6.60. The molecule has 2 fully saturated rings. The lowest BCUT2D eigenvalue weighted by Gasteiger charge is -2.51. The van der Waals surface area contributed by atoms with E-state index in [-0.39, 0.29) is 23.2 Å². The molecule has 0 aromatic heterocycles. The van der Waals surface area contributed by atoms with E-state index in [0.717, 1.165) is 32.4 Å². The van der Waals surface area contributed by atoms with Crippen molar-refractivity contribution in [2.75, 3.05) is 26.2 Å². The first-order chi connectivity index (χ1) is 10.5. The molecule has 0 bridgehead atoms. The molecule has 2 rings (SSSR count). The van der Waals surface area contributed by atoms with Crippen LogP contribution in [0, 0.1) is 5.41 Å². The van der Waals surface area contributed by atoms with E-state index in [1.165, 1.54) is 0 Å². The van der Waals surface area contributed by atoms with Gasteiger partial charge in [-0.25, -0.2) is 4.79 Å². The summed E-state index contributed by atoms with van der Waals surface area (Å²) in [5.41, 5.74) is -0.515. The van der Waals surface area contributed by atoms with Crippen molar-refractivity contribution in [1.82, 2.24) is 10.2 Å². The molecule has 2 aliphatic rings. The minimum atomic E-state index is -0.460. The van der Waals surface area contributed by atoms with Gasteiger partial charge in [0.25, 0.3) is 0 Å². The third-order valence-electron chi connectivity index (χ3n) is 4.47. The van der Waals surface area contributed by atoms with Crippen molar-refractivity contribution < 1.29 is 14.3 Å². The highest BCUT2D eigenvalue weighted by atomic mass is 16.6. The normalized spacial score (nSPS) is 29.7. The van der Waals surface area contributed by atoms with Crippen molar-refractivity contribution >= 4 is 6.09 Å². The van der Waals surface area contributed by atoms with Crippen molar-refractivity contribution in [2.45, 2.75) is 78.0 Å². The number of rotatable bonds is 1. The van der Waals surface area contributed by atoms with Gasteiger partial charge in [0.15, 0.2) is 0 Å². The van der Waals surface area contributed by atoms with E-state index in [9.17, 15) is 4.79 Å². The number of morpholine rings is 1. The first-order valence-electron chi connectivity index (χ1n) is 8.86. The molecule has 5 nitrogen and oxygen atoms in total. The third-order valence-corrected chi connectivity index (χ3v) is 4.47. The fourth-order valence-electron chi connectivity index (χ4n) is 3.58. The number of ether oxygens (including phenoxy) is 2. The molecule has 1 N–H and O–H groups in total. The van der Waals surface area contributed by atoms with Crippen LogP contribution in [0.5, 0.6) is 0 Å². The Bertz CT molecular complexity index is 421. The molecule has 0 aromatic rings. The molecule has 2 saturated heterocycles. The summed E-state index contributed by atoms with van der Waals surface area (Å²) in [6.07, 6.45) is 2.77. The van der Waals surface area contributed by atoms with Crippen LogP contribution in [0.3, 0.4) is 0 Å². The Balaban J connectivity index is 2.11. The first-order valence-corrected chi connectivity index (χ1v) is 8.86. The lowest BCUT2D eigenvalue weighted by molar-refractivity contribution is -0.136. The maximum atomic E-state index is 12.5. The standard InChI is InChI=1S/C18H34N2O3/c1-16(2,3)12-14-18(22-11-9-19-14)8-7-10-20(13-18)15(21)23-17(4,5)6/h14,19H,7-13H2,1-6H3. The Labute approximate surface area is 141 Å². The van der Waals surface area contributed by atoms with Crippen molar-refractivity contribution in [3.63, 3.8) is 0 Å². The van der Waals surface area contributed by atoms with Gasteiger partial charge in [0.1, 0.15) is 11.2 Å². The summed E-state index contributed by atoms with van der Waals surface area (Å²) in [6, 6.07) is 0.279. The molecule has 0 aliphatic carbocycles. The molecule has 2 heterocycles. The molecule has 1 spiro atoms. The molecule has 0 radical (unpaired) electrons. The number of hydrogen-bond donors (Lipinski definition) is 1. The van der Waals surface area contributed by atoms with E-state index >= 15 is 0 Å². The molecule has 134 valence electrons. The second-order valence-electron chi connectivity index (χ2n) is 9.19. The van der Waals surface area contributed by atoms with Crippen LogP contribution in [0.2, 0.25) is 0 Å². The number of nitrogens with one attached hydrogen (secondary N) is 1. The topological polar surface area (TPSA) is 50.8 Å². The Morgan fingerprint density at radius 3 is 2.61 bits per heavy atom. The average molecular weight is 326 g/mol. The molecule has 1 amide bonds. The third kappa shape index (κ3) is 5.08. The van der Waals surface area contributed by atoms with E-state index in [2.05, 4.69) is 26.1 Å². The van der Waals surface area contributed by atoms with Gasteiger partial charge in [-0.1, -0.05) is 20.8 Å². The van der Waals surface area contributed by atoms with Gasteiger partial charge < -0.3 is 19.7 Å². The van der Waals surface area contributed by atoms with Crippen molar-refractivity contribution in [1.29, 1.82) is 0 Å². The molecule has 0 aromatic carbocycles. The van der Waals surface area contributed by atoms with Crippen LogP contribution >= 0.6 is 0 Å². The fraction of sp³-hybridized carbons (Fsp3) is 0.944. The van der Waals surface area contributed by atoms with E-state index in [0.29, 0.717) is 13.2 Å². The van der Waals surface area contributed by atoms with Crippen LogP contribution in [0.1, 0.15) is 60.8 Å². The van der Waals surface area contributed by atoms with Gasteiger partial charge in [0, 0.05) is 19.1 Å². The molecular weight excluding hydrogens is 292 g/mol. The minimum absolute atomic E-state index is 0.222. The highest BCUT2D eigenvalue weighted by Crippen LogP contribution is 2.36. The minimum Gasteiger partial charge on any atom is -0.444 e. The summed E-state index contributed by atoms with van der Waals surface area (Å²) in [7, 11) is 0. The number of amides is 1. The van der Waals surface area contributed by atoms with Crippen LogP contribution in [0.15, 0.2) is 0 Å². The maximum absolute atomic E-state index is 12.5. The lowest BCUT2D eigenvalue weighted by Crippen LogP contribution is -2.66. The van der Waals surface area contributed by atoms with Crippen LogP contribution in [-0.4, -0.2) is 54.5 Å². The fourth-order valence-corrected chi connectivity index (χ4v) is 3.58. The smallest absolute Gasteiger partial charge is 0.410 e. The Kier molecular flexibility index (Phi) is 5.31. The van der Waals surface area contributed by atoms with Gasteiger partial charge in [0.2, 0.25) is 0 Å². The lowest BCUT2D eigenvalue weighted by atomic mass is 9.76. The molecule has 2 atom stereocenters. The summed E-state index contributed by atoms with van der Waals surface area (Å²) in [5.74, 6) is 0. The van der Waals surface area contributed by atoms with Crippen molar-refractivity contribution in [2.24, 2.45) is 5.41 Å². The number of carbonyl (C=O) groups is 1. The van der Waals surface area contributed by atoms with Gasteiger partial charge in [-0.3, -0.25) is 0 Å². The number of carbonyl (C=O) groups excluding carboxylic acids is 1. The zero-order valence-corrected chi connectivity index (χ0v) is 15.7. The van der Waals surface area contributed by atoms with Gasteiger partial charge in [-0.15, -0.1) is 0 Å². The summed E-state index contributed by atoms with van der Waals surface area (Å²) in [4.78, 5) is 14.3. The Hall–Kier alpha value is -0.810. The monoisotopic (exact) mass is 326 g/mol. The van der Waals surface area contributed by atoms with Gasteiger partial charge in [0.05, 0.1) is 13.2 Å². The van der Waals surface area contributed by atoms with Crippen LogP contribution < -0.4 is 5.32 Å². The second-order valence-corrected chi connectivity index (χ2v) is 9.19. The number of likely N-dealkylation sites (tertiary alicyclic amines) is 1. The van der Waals surface area contributed by atoms with Crippen LogP contribution in [0.25, 0.3) is 0 Å². The highest BCUT2D eigenvalue weighted by molar-refractivity contribution is 5.68. The molecular formula is C18H34N2O3. The predicted molar refractivity (Wildman–Crippen MR) is 91.6 cm³/mol. The van der Waals surface area contributed by atoms with E-state index < -0.39 is 5.60 Å². The van der Waals surface area contributed by atoms with Gasteiger partial charge in [-0.05, 0) is 45.4 Å². The number of hydrogen-bond acceptors (Lipinski definition) is 4. The average Bonchev–Trinajstić information content (AvgIpc) is 2.38. The van der Waals surface area contributed by atoms with Crippen LogP contribution in [-0.2, 0) is 9.47 Å². The predicted octanol–water partition coefficient (Wildman–Crippen LogP) is 3.18. The van der Waals surface area contributed by atoms with Gasteiger partial charge >= 0.3 is 6.09 Å². The molecule has 2 aliphatic heterocycles. The molecule has 2 unspecified atom stereocenters. The van der Waals surface area contributed by atoms with Crippen molar-refractivity contribution in [3.8, 4) is 0 Å². The SMILES string of the molecule is CC(C)(C)CC1NCCOC12CCCN(C(=O)OC(C)(C)C)C2. The van der Waals surface area contributed by atoms with Gasteiger partial charge in [-0.2, -0.15) is 0 Å². The van der Waals surface area contributed by atoms with E-state index in [1.807, 2.05) is 25.7 Å². The summed E-state index contributed by atoms with van der Waals surface area (Å²) in [5, 5.41) is 3.64. The maximum Gasteiger partial charge on any atom is 0.410 e. The zero-order valence-electron chi connectivity index (χ0n) is 15.7. The van der Waals surface area contributed by atoms with E-state index in [4.69, 9.17) is 9.47 Å². The van der Waals surface area contributed by atoms with Crippen molar-refractivity contribution in [3.05, 3.63) is 0 Å². The quantitative estimate of drug-likeness (QED) is 0.804. The number of nitrogens with zero attached hydrogens (tertiary/aromatic N) is 1. The summed E-state index contributed by atoms with van der Waals surface area (Å²) < 4.78 is 11.8. The highest BCUT2D eigenvalue weighted by Gasteiger charge is 2.47. The Morgan fingerprint density at radius 1 is 1.30 bits per heavy atom. The summed E-state index contributed by atoms with van der Waals surface area (Å²) in [6.45, 7) is 15.5. The molecule has 0 saturated carbocycles. The summed E-state index contributed by atoms with van der Waals surface area (Å²) >= 11 is 0. The van der Waals surface area contributed by atoms with E-state index in [1.54, 1.807) is 0 Å². The molecule has 5 heteroatoms. The zero-order chi connectivity index (χ0) is 17.3. The molecule has 23 heavy (non-hydrogen) atoms. The number of piperidine rings is 1.